The van der Waals surface area contributed by atoms with Crippen LogP contribution in [0.15, 0.2) is 24.5 Å². The topological polar surface area (TPSA) is 68.2 Å². The maximum atomic E-state index is 13.5. The molecule has 31 heavy (non-hydrogen) atoms. The number of ketones is 1. The summed E-state index contributed by atoms with van der Waals surface area (Å²) in [6, 6.07) is 6.62. The molecule has 0 bridgehead atoms. The predicted molar refractivity (Wildman–Crippen MR) is 117 cm³/mol. The molecule has 5 rings (SSSR count). The Hall–Kier alpha value is -2.05. The lowest BCUT2D eigenvalue weighted by molar-refractivity contribution is -0.134. The summed E-state index contributed by atoms with van der Waals surface area (Å²) in [5.74, 6) is 1.23. The number of nitrogens with zero attached hydrogens (tertiary/aromatic N) is 1. The molecule has 0 spiro atoms. The fourth-order valence-corrected chi connectivity index (χ4v) is 5.85. The molecule has 6 unspecified atom stereocenters. The minimum Gasteiger partial charge on any atom is -0.496 e. The third-order valence-electron chi connectivity index (χ3n) is 7.68. The highest BCUT2D eigenvalue weighted by atomic mass is 16.6. The maximum Gasteiger partial charge on any atom is 0.173 e. The molecular weight excluding hydrogens is 394 g/mol. The Labute approximate surface area is 184 Å². The highest BCUT2D eigenvalue weighted by Crippen LogP contribution is 2.42. The number of hydrogen-bond donors (Lipinski definition) is 1. The van der Waals surface area contributed by atoms with E-state index in [4.69, 9.17) is 14.2 Å². The molecule has 1 aliphatic carbocycles. The van der Waals surface area contributed by atoms with Crippen LogP contribution in [0.5, 0.6) is 11.5 Å². The van der Waals surface area contributed by atoms with E-state index in [0.29, 0.717) is 55.2 Å². The zero-order chi connectivity index (χ0) is 21.5. The summed E-state index contributed by atoms with van der Waals surface area (Å²) >= 11 is 0. The van der Waals surface area contributed by atoms with Crippen LogP contribution >= 0.6 is 0 Å². The number of carbonyl (C=O) groups excluding carboxylic acids is 1. The lowest BCUT2D eigenvalue weighted by Crippen LogP contribution is -2.55. The van der Waals surface area contributed by atoms with Crippen molar-refractivity contribution >= 4 is 11.4 Å². The summed E-state index contributed by atoms with van der Waals surface area (Å²) in [6.45, 7) is 6.38. The number of aliphatic hydroxyl groups is 1. The van der Waals surface area contributed by atoms with Gasteiger partial charge in [0.05, 0.1) is 23.9 Å². The zero-order valence-electron chi connectivity index (χ0n) is 18.5. The Balaban J connectivity index is 1.38. The molecular formula is C25H33NO5. The van der Waals surface area contributed by atoms with Gasteiger partial charge in [0.25, 0.3) is 0 Å². The lowest BCUT2D eigenvalue weighted by atomic mass is 9.71. The number of rotatable bonds is 3. The SMILES string of the molecule is CC1CCCC(C)N1CC1C(O)CCC2C(=O)C(c3ccc4c(c3)OCCO4)=COC21. The minimum atomic E-state index is -0.431. The normalized spacial score (nSPS) is 35.7. The number of benzene rings is 1. The van der Waals surface area contributed by atoms with Gasteiger partial charge in [-0.1, -0.05) is 12.5 Å². The summed E-state index contributed by atoms with van der Waals surface area (Å²) < 4.78 is 17.5. The van der Waals surface area contributed by atoms with Crippen LogP contribution in [-0.2, 0) is 9.53 Å². The van der Waals surface area contributed by atoms with E-state index in [1.54, 1.807) is 6.26 Å². The second-order valence-corrected chi connectivity index (χ2v) is 9.60. The second kappa shape index (κ2) is 8.47. The maximum absolute atomic E-state index is 13.5. The van der Waals surface area contributed by atoms with E-state index in [9.17, 15) is 9.90 Å². The zero-order valence-corrected chi connectivity index (χ0v) is 18.5. The number of hydrogen-bond acceptors (Lipinski definition) is 6. The first-order valence-electron chi connectivity index (χ1n) is 11.8. The molecule has 6 atom stereocenters. The van der Waals surface area contributed by atoms with Crippen molar-refractivity contribution in [2.75, 3.05) is 19.8 Å². The highest BCUT2D eigenvalue weighted by molar-refractivity contribution is 6.22. The molecule has 4 aliphatic rings. The number of aliphatic hydroxyl groups excluding tert-OH is 1. The molecule has 1 saturated carbocycles. The van der Waals surface area contributed by atoms with Gasteiger partial charge in [0.15, 0.2) is 17.3 Å². The van der Waals surface area contributed by atoms with Crippen LogP contribution in [0.2, 0.25) is 0 Å². The number of carbonyl (C=O) groups is 1. The first kappa shape index (κ1) is 20.8. The summed E-state index contributed by atoms with van der Waals surface area (Å²) in [7, 11) is 0. The van der Waals surface area contributed by atoms with Gasteiger partial charge in [-0.15, -0.1) is 0 Å². The summed E-state index contributed by atoms with van der Waals surface area (Å²) in [5, 5.41) is 10.8. The van der Waals surface area contributed by atoms with Crippen molar-refractivity contribution in [1.82, 2.24) is 4.90 Å². The van der Waals surface area contributed by atoms with Crippen LogP contribution in [0.3, 0.4) is 0 Å². The molecule has 1 aromatic rings. The first-order valence-corrected chi connectivity index (χ1v) is 11.8. The van der Waals surface area contributed by atoms with Crippen LogP contribution in [0, 0.1) is 11.8 Å². The van der Waals surface area contributed by atoms with Gasteiger partial charge >= 0.3 is 0 Å². The predicted octanol–water partition coefficient (Wildman–Crippen LogP) is 3.42. The minimum absolute atomic E-state index is 0.0521. The molecule has 168 valence electrons. The fourth-order valence-electron chi connectivity index (χ4n) is 5.85. The van der Waals surface area contributed by atoms with Gasteiger partial charge in [-0.3, -0.25) is 9.69 Å². The van der Waals surface area contributed by atoms with E-state index in [-0.39, 0.29) is 23.7 Å². The van der Waals surface area contributed by atoms with Gasteiger partial charge in [0.2, 0.25) is 0 Å². The van der Waals surface area contributed by atoms with Crippen molar-refractivity contribution in [3.63, 3.8) is 0 Å². The lowest BCUT2D eigenvalue weighted by Gasteiger charge is -2.47. The first-order chi connectivity index (χ1) is 15.0. The number of ether oxygens (including phenoxy) is 3. The van der Waals surface area contributed by atoms with E-state index in [0.717, 1.165) is 12.1 Å². The van der Waals surface area contributed by atoms with Crippen LogP contribution in [0.4, 0.5) is 0 Å². The van der Waals surface area contributed by atoms with Crippen LogP contribution in [-0.4, -0.2) is 59.8 Å². The Kier molecular flexibility index (Phi) is 5.69. The van der Waals surface area contributed by atoms with E-state index in [1.807, 2.05) is 18.2 Å². The van der Waals surface area contributed by atoms with Crippen molar-refractivity contribution < 1.29 is 24.1 Å². The van der Waals surface area contributed by atoms with Gasteiger partial charge in [-0.05, 0) is 57.2 Å². The average Bonchev–Trinajstić information content (AvgIpc) is 2.77. The van der Waals surface area contributed by atoms with E-state index in [2.05, 4.69) is 18.7 Å². The molecule has 6 heteroatoms. The van der Waals surface area contributed by atoms with Crippen LogP contribution in [0.1, 0.15) is 51.5 Å². The molecule has 2 fully saturated rings. The molecule has 3 heterocycles. The van der Waals surface area contributed by atoms with Crippen molar-refractivity contribution in [3.8, 4) is 11.5 Å². The Morgan fingerprint density at radius 3 is 2.55 bits per heavy atom. The van der Waals surface area contributed by atoms with E-state index < -0.39 is 6.10 Å². The Bertz CT molecular complexity index is 857. The van der Waals surface area contributed by atoms with Crippen molar-refractivity contribution in [1.29, 1.82) is 0 Å². The highest BCUT2D eigenvalue weighted by Gasteiger charge is 2.47. The number of fused-ring (bicyclic) bond motifs is 2. The summed E-state index contributed by atoms with van der Waals surface area (Å²) in [5.41, 5.74) is 1.39. The standard InChI is InChI=1S/C25H33NO5/c1-15-4-3-5-16(2)26(15)13-19-21(27)8-7-18-24(28)20(14-31-25(18)19)17-6-9-22-23(12-17)30-11-10-29-22/h6,9,12,14-16,18-19,21,25,27H,3-5,7-8,10-11,13H2,1-2H3. The van der Waals surface area contributed by atoms with Crippen molar-refractivity contribution in [2.24, 2.45) is 11.8 Å². The molecule has 6 nitrogen and oxygen atoms in total. The quantitative estimate of drug-likeness (QED) is 0.797. The fraction of sp³-hybridized carbons (Fsp3) is 0.640. The Morgan fingerprint density at radius 1 is 1.03 bits per heavy atom. The number of likely N-dealkylation sites (tertiary alicyclic amines) is 1. The average molecular weight is 428 g/mol. The van der Waals surface area contributed by atoms with Crippen molar-refractivity contribution in [3.05, 3.63) is 30.0 Å². The third kappa shape index (κ3) is 3.85. The van der Waals surface area contributed by atoms with Crippen LogP contribution in [0.25, 0.3) is 5.57 Å². The number of Topliss-reactive ketones (excluding diaryl/α,β-unsaturated/α-hetero) is 1. The largest absolute Gasteiger partial charge is 0.496 e. The van der Waals surface area contributed by atoms with Gasteiger partial charge in [0, 0.05) is 24.5 Å². The van der Waals surface area contributed by atoms with Gasteiger partial charge in [-0.2, -0.15) is 0 Å². The molecule has 0 amide bonds. The third-order valence-corrected chi connectivity index (χ3v) is 7.68. The molecule has 3 aliphatic heterocycles. The summed E-state index contributed by atoms with van der Waals surface area (Å²) in [6.07, 6.45) is 5.86. The van der Waals surface area contributed by atoms with Gasteiger partial charge in [-0.25, -0.2) is 0 Å². The molecule has 1 aromatic carbocycles. The van der Waals surface area contributed by atoms with E-state index in [1.165, 1.54) is 19.3 Å². The van der Waals surface area contributed by atoms with Crippen molar-refractivity contribution in [2.45, 2.75) is 70.2 Å². The van der Waals surface area contributed by atoms with Crippen LogP contribution < -0.4 is 9.47 Å². The molecule has 0 aromatic heterocycles. The molecule has 1 saturated heterocycles. The van der Waals surface area contributed by atoms with Gasteiger partial charge in [0.1, 0.15) is 19.3 Å². The van der Waals surface area contributed by atoms with E-state index >= 15 is 0 Å². The van der Waals surface area contributed by atoms with Gasteiger partial charge < -0.3 is 19.3 Å². The Morgan fingerprint density at radius 2 is 1.77 bits per heavy atom. The molecule has 1 N–H and O–H groups in total. The monoisotopic (exact) mass is 427 g/mol. The second-order valence-electron chi connectivity index (χ2n) is 9.60. The molecule has 0 radical (unpaired) electrons. The number of allylic oxidation sites excluding steroid dienone is 1. The smallest absolute Gasteiger partial charge is 0.173 e. The summed E-state index contributed by atoms with van der Waals surface area (Å²) in [4.78, 5) is 16.0. The number of piperidine rings is 1.